The third-order valence-corrected chi connectivity index (χ3v) is 6.81. The van der Waals surface area contributed by atoms with Gasteiger partial charge in [-0.25, -0.2) is 13.2 Å². The number of carbonyl (C=O) groups excluding carboxylic acids is 1. The summed E-state index contributed by atoms with van der Waals surface area (Å²) in [5.41, 5.74) is -1.20. The highest BCUT2D eigenvalue weighted by molar-refractivity contribution is 7.92. The van der Waals surface area contributed by atoms with Gasteiger partial charge in [-0.05, 0) is 24.8 Å². The Morgan fingerprint density at radius 3 is 2.29 bits per heavy atom. The van der Waals surface area contributed by atoms with E-state index in [9.17, 15) is 23.1 Å². The molecular weight excluding hydrogens is 330 g/mol. The Hall–Kier alpha value is -1.89. The summed E-state index contributed by atoms with van der Waals surface area (Å²) in [4.78, 5) is 24.2. The van der Waals surface area contributed by atoms with E-state index in [-0.39, 0.29) is 6.42 Å². The molecule has 0 spiro atoms. The molecule has 0 radical (unpaired) electrons. The molecule has 7 heteroatoms. The van der Waals surface area contributed by atoms with Gasteiger partial charge in [0, 0.05) is 0 Å². The normalized spacial score (nSPS) is 18.0. The van der Waals surface area contributed by atoms with Gasteiger partial charge in [-0.15, -0.1) is 0 Å². The second-order valence-corrected chi connectivity index (χ2v) is 8.47. The summed E-state index contributed by atoms with van der Waals surface area (Å²) in [6.45, 7) is 1.65. The number of sulfone groups is 1. The van der Waals surface area contributed by atoms with Crippen LogP contribution in [0, 0.1) is 0 Å². The summed E-state index contributed by atoms with van der Waals surface area (Å²) in [5.74, 6) is -2.64. The summed E-state index contributed by atoms with van der Waals surface area (Å²) >= 11 is 0. The Balaban J connectivity index is 2.21. The summed E-state index contributed by atoms with van der Waals surface area (Å²) in [6.07, 6.45) is 2.97. The zero-order valence-corrected chi connectivity index (χ0v) is 14.5. The van der Waals surface area contributed by atoms with E-state index in [1.807, 2.05) is 0 Å². The average Bonchev–Trinajstić information content (AvgIpc) is 3.08. The van der Waals surface area contributed by atoms with Crippen molar-refractivity contribution in [3.63, 3.8) is 0 Å². The van der Waals surface area contributed by atoms with E-state index < -0.39 is 38.3 Å². The first-order valence-electron chi connectivity index (χ1n) is 8.13. The van der Waals surface area contributed by atoms with Crippen molar-refractivity contribution in [1.29, 1.82) is 0 Å². The Labute approximate surface area is 142 Å². The molecule has 1 aliphatic carbocycles. The van der Waals surface area contributed by atoms with Crippen LogP contribution in [0.15, 0.2) is 30.3 Å². The fourth-order valence-electron chi connectivity index (χ4n) is 3.24. The molecule has 1 unspecified atom stereocenters. The third kappa shape index (κ3) is 3.77. The molecule has 1 saturated carbocycles. The van der Waals surface area contributed by atoms with Gasteiger partial charge in [0.05, 0.1) is 5.25 Å². The van der Waals surface area contributed by atoms with Crippen LogP contribution in [0.2, 0.25) is 0 Å². The molecule has 132 valence electrons. The van der Waals surface area contributed by atoms with Gasteiger partial charge in [-0.3, -0.25) is 4.79 Å². The van der Waals surface area contributed by atoms with E-state index in [1.165, 1.54) is 0 Å². The van der Waals surface area contributed by atoms with Crippen LogP contribution in [0.4, 0.5) is 0 Å². The average molecular weight is 353 g/mol. The zero-order valence-electron chi connectivity index (χ0n) is 13.7. The predicted molar refractivity (Wildman–Crippen MR) is 90.2 cm³/mol. The summed E-state index contributed by atoms with van der Waals surface area (Å²) in [6, 6.07) is 8.35. The minimum atomic E-state index is -3.55. The van der Waals surface area contributed by atoms with E-state index in [0.29, 0.717) is 18.4 Å². The molecule has 1 fully saturated rings. The molecule has 0 bridgehead atoms. The van der Waals surface area contributed by atoms with E-state index in [1.54, 1.807) is 37.3 Å². The molecule has 1 aromatic carbocycles. The van der Waals surface area contributed by atoms with Crippen molar-refractivity contribution >= 4 is 21.7 Å². The fraction of sp³-hybridized carbons (Fsp3) is 0.529. The number of nitrogens with one attached hydrogen (secondary N) is 1. The first-order valence-corrected chi connectivity index (χ1v) is 9.85. The van der Waals surface area contributed by atoms with Gasteiger partial charge in [0.15, 0.2) is 15.4 Å². The van der Waals surface area contributed by atoms with Gasteiger partial charge in [-0.2, -0.15) is 0 Å². The van der Waals surface area contributed by atoms with Crippen LogP contribution >= 0.6 is 0 Å². The topological polar surface area (TPSA) is 101 Å². The van der Waals surface area contributed by atoms with Crippen LogP contribution in [0.3, 0.4) is 0 Å². The summed E-state index contributed by atoms with van der Waals surface area (Å²) < 4.78 is 24.6. The van der Waals surface area contributed by atoms with Gasteiger partial charge >= 0.3 is 5.97 Å². The number of hydrogen-bond acceptors (Lipinski definition) is 4. The minimum Gasteiger partial charge on any atom is -0.479 e. The fourth-order valence-corrected chi connectivity index (χ4v) is 4.96. The van der Waals surface area contributed by atoms with Gasteiger partial charge in [0.2, 0.25) is 5.91 Å². The second-order valence-electron chi connectivity index (χ2n) is 6.19. The molecule has 6 nitrogen and oxygen atoms in total. The van der Waals surface area contributed by atoms with E-state index in [0.717, 1.165) is 12.8 Å². The van der Waals surface area contributed by atoms with Crippen molar-refractivity contribution in [2.24, 2.45) is 0 Å². The first kappa shape index (κ1) is 18.4. The summed E-state index contributed by atoms with van der Waals surface area (Å²) in [7, 11) is -3.55. The molecule has 1 aromatic rings. The first-order chi connectivity index (χ1) is 11.3. The quantitative estimate of drug-likeness (QED) is 0.779. The lowest BCUT2D eigenvalue weighted by Crippen LogP contribution is -2.53. The Morgan fingerprint density at radius 2 is 1.79 bits per heavy atom. The van der Waals surface area contributed by atoms with Crippen LogP contribution in [0.5, 0.6) is 0 Å². The molecule has 1 aliphatic rings. The number of amides is 1. The second kappa shape index (κ2) is 7.34. The maximum absolute atomic E-state index is 12.3. The highest BCUT2D eigenvalue weighted by Crippen LogP contribution is 2.27. The molecule has 1 atom stereocenters. The predicted octanol–water partition coefficient (Wildman–Crippen LogP) is 1.85. The van der Waals surface area contributed by atoms with Crippen LogP contribution < -0.4 is 5.32 Å². The minimum absolute atomic E-state index is 0.113. The number of carboxylic acids is 1. The molecule has 24 heavy (non-hydrogen) atoms. The molecule has 1 amide bonds. The van der Waals surface area contributed by atoms with Crippen molar-refractivity contribution < 1.29 is 23.1 Å². The standard InChI is InChI=1S/C17H23NO5S/c1-2-17(16(20)21,13-8-4-3-5-9-13)18-15(19)12-24(22,23)14-10-6-7-11-14/h3-5,8-9,14H,2,6-7,10-12H2,1H3,(H,18,19)(H,20,21). The Kier molecular flexibility index (Phi) is 5.64. The van der Waals surface area contributed by atoms with Crippen LogP contribution in [0.25, 0.3) is 0 Å². The lowest BCUT2D eigenvalue weighted by atomic mass is 9.87. The number of rotatable bonds is 7. The van der Waals surface area contributed by atoms with Crippen molar-refractivity contribution in [2.45, 2.75) is 49.8 Å². The van der Waals surface area contributed by atoms with Crippen molar-refractivity contribution in [3.05, 3.63) is 35.9 Å². The molecule has 2 rings (SSSR count). The number of benzene rings is 1. The molecule has 0 saturated heterocycles. The van der Waals surface area contributed by atoms with E-state index in [4.69, 9.17) is 0 Å². The SMILES string of the molecule is CCC(NC(=O)CS(=O)(=O)C1CCCC1)(C(=O)O)c1ccccc1. The van der Waals surface area contributed by atoms with Crippen molar-refractivity contribution in [3.8, 4) is 0 Å². The number of hydrogen-bond donors (Lipinski definition) is 2. The lowest BCUT2D eigenvalue weighted by Gasteiger charge is -2.30. The van der Waals surface area contributed by atoms with Crippen LogP contribution in [0.1, 0.15) is 44.6 Å². The molecule has 0 aromatic heterocycles. The smallest absolute Gasteiger partial charge is 0.334 e. The maximum Gasteiger partial charge on any atom is 0.334 e. The zero-order chi connectivity index (χ0) is 17.8. The van der Waals surface area contributed by atoms with Crippen molar-refractivity contribution in [1.82, 2.24) is 5.32 Å². The van der Waals surface area contributed by atoms with Crippen molar-refractivity contribution in [2.75, 3.05) is 5.75 Å². The van der Waals surface area contributed by atoms with E-state index in [2.05, 4.69) is 5.32 Å². The molecule has 0 aliphatic heterocycles. The maximum atomic E-state index is 12.3. The Bertz CT molecular complexity index is 695. The lowest BCUT2D eigenvalue weighted by molar-refractivity contribution is -0.148. The van der Waals surface area contributed by atoms with Gasteiger partial charge in [0.1, 0.15) is 5.75 Å². The van der Waals surface area contributed by atoms with Gasteiger partial charge in [-0.1, -0.05) is 50.1 Å². The number of carbonyl (C=O) groups is 2. The monoisotopic (exact) mass is 353 g/mol. The van der Waals surface area contributed by atoms with Crippen LogP contribution in [-0.2, 0) is 25.0 Å². The Morgan fingerprint density at radius 1 is 1.21 bits per heavy atom. The molecular formula is C17H23NO5S. The molecule has 2 N–H and O–H groups in total. The molecule has 0 heterocycles. The largest absolute Gasteiger partial charge is 0.479 e. The highest BCUT2D eigenvalue weighted by atomic mass is 32.2. The highest BCUT2D eigenvalue weighted by Gasteiger charge is 2.41. The van der Waals surface area contributed by atoms with Gasteiger partial charge in [0.25, 0.3) is 0 Å². The van der Waals surface area contributed by atoms with E-state index >= 15 is 0 Å². The summed E-state index contributed by atoms with van der Waals surface area (Å²) in [5, 5.41) is 11.6. The van der Waals surface area contributed by atoms with Gasteiger partial charge < -0.3 is 10.4 Å². The number of aliphatic carboxylic acids is 1. The number of carboxylic acid groups (broad SMARTS) is 1. The van der Waals surface area contributed by atoms with Crippen LogP contribution in [-0.4, -0.2) is 36.4 Å². The third-order valence-electron chi connectivity index (χ3n) is 4.66.